The highest BCUT2D eigenvalue weighted by Gasteiger charge is 2.19. The monoisotopic (exact) mass is 341 g/mol. The van der Waals surface area contributed by atoms with Crippen molar-refractivity contribution in [2.24, 2.45) is 0 Å². The fourth-order valence-corrected chi connectivity index (χ4v) is 2.20. The van der Waals surface area contributed by atoms with Crippen LogP contribution in [0.5, 0.6) is 17.2 Å². The Bertz CT molecular complexity index is 714. The van der Waals surface area contributed by atoms with E-state index in [1.807, 2.05) is 31.2 Å². The van der Waals surface area contributed by atoms with Gasteiger partial charge in [-0.1, -0.05) is 31.7 Å². The number of methoxy groups -OCH3 is 1. The minimum absolute atomic E-state index is 0.216. The number of nitrogens with one attached hydrogen (secondary N) is 1. The number of rotatable bonds is 9. The van der Waals surface area contributed by atoms with Crippen LogP contribution in [-0.4, -0.2) is 25.7 Å². The van der Waals surface area contributed by atoms with Gasteiger partial charge in [0, 0.05) is 17.8 Å². The van der Waals surface area contributed by atoms with Crippen LogP contribution in [0.2, 0.25) is 0 Å². The third kappa shape index (κ3) is 5.57. The zero-order valence-electron chi connectivity index (χ0n) is 14.5. The molecule has 2 aromatic carbocycles. The first-order valence-electron chi connectivity index (χ1n) is 8.11. The summed E-state index contributed by atoms with van der Waals surface area (Å²) in [7, 11) is 1.59. The molecule has 0 fully saturated rings. The van der Waals surface area contributed by atoms with Gasteiger partial charge in [0.15, 0.2) is 6.10 Å². The van der Waals surface area contributed by atoms with E-state index in [1.165, 1.54) is 0 Å². The largest absolute Gasteiger partial charge is 0.497 e. The van der Waals surface area contributed by atoms with Crippen molar-refractivity contribution in [1.82, 2.24) is 0 Å². The van der Waals surface area contributed by atoms with E-state index >= 15 is 0 Å². The van der Waals surface area contributed by atoms with E-state index in [4.69, 9.17) is 14.2 Å². The smallest absolute Gasteiger partial charge is 0.265 e. The Morgan fingerprint density at radius 3 is 2.60 bits per heavy atom. The molecule has 1 amide bonds. The topological polar surface area (TPSA) is 56.8 Å². The number of ether oxygens (including phenoxy) is 3. The third-order valence-electron chi connectivity index (χ3n) is 3.45. The summed E-state index contributed by atoms with van der Waals surface area (Å²) in [5.74, 6) is 1.72. The molecule has 25 heavy (non-hydrogen) atoms. The van der Waals surface area contributed by atoms with Crippen molar-refractivity contribution in [1.29, 1.82) is 0 Å². The van der Waals surface area contributed by atoms with Crippen molar-refractivity contribution >= 4 is 11.6 Å². The summed E-state index contributed by atoms with van der Waals surface area (Å²) >= 11 is 0. The summed E-state index contributed by atoms with van der Waals surface area (Å²) in [5, 5.41) is 2.86. The van der Waals surface area contributed by atoms with Crippen molar-refractivity contribution in [2.75, 3.05) is 19.0 Å². The molecule has 0 heterocycles. The van der Waals surface area contributed by atoms with E-state index in [0.29, 0.717) is 36.0 Å². The van der Waals surface area contributed by atoms with Crippen LogP contribution in [0, 0.1) is 0 Å². The molecule has 0 radical (unpaired) electrons. The molecular formula is C20H23NO4. The lowest BCUT2D eigenvalue weighted by Crippen LogP contribution is -2.32. The van der Waals surface area contributed by atoms with E-state index in [0.717, 1.165) is 0 Å². The van der Waals surface area contributed by atoms with E-state index in [1.54, 1.807) is 37.5 Å². The molecule has 2 rings (SSSR count). The van der Waals surface area contributed by atoms with E-state index in [9.17, 15) is 4.79 Å². The number of hydrogen-bond donors (Lipinski definition) is 1. The summed E-state index contributed by atoms with van der Waals surface area (Å²) in [6.07, 6.45) is 1.60. The molecule has 0 saturated carbocycles. The zero-order chi connectivity index (χ0) is 18.1. The Balaban J connectivity index is 2.03. The Labute approximate surface area is 148 Å². The number of benzene rings is 2. The maximum Gasteiger partial charge on any atom is 0.265 e. The second-order valence-electron chi connectivity index (χ2n) is 5.31. The predicted octanol–water partition coefficient (Wildman–Crippen LogP) is 4.06. The second kappa shape index (κ2) is 9.37. The van der Waals surface area contributed by atoms with Crippen molar-refractivity contribution in [3.05, 3.63) is 61.2 Å². The van der Waals surface area contributed by atoms with Gasteiger partial charge in [-0.15, -0.1) is 0 Å². The van der Waals surface area contributed by atoms with Crippen LogP contribution >= 0.6 is 0 Å². The molecule has 0 aliphatic rings. The molecule has 0 aromatic heterocycles. The molecule has 0 aliphatic carbocycles. The van der Waals surface area contributed by atoms with Gasteiger partial charge in [-0.2, -0.15) is 0 Å². The Morgan fingerprint density at radius 2 is 1.88 bits per heavy atom. The third-order valence-corrected chi connectivity index (χ3v) is 3.45. The molecule has 0 saturated heterocycles. The minimum Gasteiger partial charge on any atom is -0.497 e. The summed E-state index contributed by atoms with van der Waals surface area (Å²) in [5.41, 5.74) is 0.652. The first-order valence-corrected chi connectivity index (χ1v) is 8.11. The highest BCUT2D eigenvalue weighted by Crippen LogP contribution is 2.22. The summed E-state index contributed by atoms with van der Waals surface area (Å²) in [6, 6.07) is 14.4. The summed E-state index contributed by atoms with van der Waals surface area (Å²) in [6.45, 7) is 5.92. The Morgan fingerprint density at radius 1 is 1.16 bits per heavy atom. The first kappa shape index (κ1) is 18.4. The molecule has 1 N–H and O–H groups in total. The molecule has 0 spiro atoms. The van der Waals surface area contributed by atoms with Crippen LogP contribution in [0.15, 0.2) is 61.2 Å². The normalized spacial score (nSPS) is 11.3. The fourth-order valence-electron chi connectivity index (χ4n) is 2.20. The van der Waals surface area contributed by atoms with Gasteiger partial charge in [-0.25, -0.2) is 0 Å². The number of carbonyl (C=O) groups is 1. The van der Waals surface area contributed by atoms with E-state index < -0.39 is 6.10 Å². The Hall–Kier alpha value is -2.95. The average Bonchev–Trinajstić information content (AvgIpc) is 2.64. The molecule has 5 heteroatoms. The maximum atomic E-state index is 12.5. The van der Waals surface area contributed by atoms with Crippen molar-refractivity contribution in [2.45, 2.75) is 19.4 Å². The lowest BCUT2D eigenvalue weighted by Gasteiger charge is -2.18. The van der Waals surface area contributed by atoms with Gasteiger partial charge in [0.2, 0.25) is 0 Å². The van der Waals surface area contributed by atoms with Crippen LogP contribution in [0.4, 0.5) is 5.69 Å². The van der Waals surface area contributed by atoms with Crippen LogP contribution in [0.25, 0.3) is 0 Å². The lowest BCUT2D eigenvalue weighted by molar-refractivity contribution is -0.122. The predicted molar refractivity (Wildman–Crippen MR) is 98.5 cm³/mol. The van der Waals surface area contributed by atoms with Gasteiger partial charge in [-0.05, 0) is 30.7 Å². The van der Waals surface area contributed by atoms with Crippen molar-refractivity contribution in [3.63, 3.8) is 0 Å². The zero-order valence-corrected chi connectivity index (χ0v) is 14.5. The maximum absolute atomic E-state index is 12.5. The summed E-state index contributed by atoms with van der Waals surface area (Å²) < 4.78 is 16.4. The van der Waals surface area contributed by atoms with Gasteiger partial charge in [-0.3, -0.25) is 4.79 Å². The van der Waals surface area contributed by atoms with Crippen LogP contribution in [0.3, 0.4) is 0 Å². The minimum atomic E-state index is -0.607. The van der Waals surface area contributed by atoms with Crippen LogP contribution < -0.4 is 19.5 Å². The molecule has 5 nitrogen and oxygen atoms in total. The van der Waals surface area contributed by atoms with Gasteiger partial charge < -0.3 is 19.5 Å². The quantitative estimate of drug-likeness (QED) is 0.699. The van der Waals surface area contributed by atoms with Crippen molar-refractivity contribution < 1.29 is 19.0 Å². The number of hydrogen-bond acceptors (Lipinski definition) is 4. The number of amides is 1. The van der Waals surface area contributed by atoms with Crippen LogP contribution in [-0.2, 0) is 4.79 Å². The fraction of sp³-hybridized carbons (Fsp3) is 0.250. The average molecular weight is 341 g/mol. The standard InChI is InChI=1S/C20H23NO4/c1-4-12-24-17-10-6-8-15(13-17)21-20(22)19(5-2)25-18-11-7-9-16(14-18)23-3/h4,6-11,13-14,19H,1,5,12H2,2-3H3,(H,21,22)/t19-/m0/s1. The molecule has 0 bridgehead atoms. The van der Waals surface area contributed by atoms with Gasteiger partial charge in [0.1, 0.15) is 23.9 Å². The van der Waals surface area contributed by atoms with Gasteiger partial charge in [0.05, 0.1) is 7.11 Å². The molecule has 1 atom stereocenters. The molecular weight excluding hydrogens is 318 g/mol. The molecule has 0 aliphatic heterocycles. The van der Waals surface area contributed by atoms with Crippen molar-refractivity contribution in [3.8, 4) is 17.2 Å². The second-order valence-corrected chi connectivity index (χ2v) is 5.31. The molecule has 132 valence electrons. The number of anilines is 1. The summed E-state index contributed by atoms with van der Waals surface area (Å²) in [4.78, 5) is 12.5. The van der Waals surface area contributed by atoms with Gasteiger partial charge in [0.25, 0.3) is 5.91 Å². The lowest BCUT2D eigenvalue weighted by atomic mass is 10.2. The van der Waals surface area contributed by atoms with E-state index in [2.05, 4.69) is 11.9 Å². The highest BCUT2D eigenvalue weighted by atomic mass is 16.5. The Kier molecular flexibility index (Phi) is 6.89. The molecule has 0 unspecified atom stereocenters. The first-order chi connectivity index (χ1) is 12.2. The number of carbonyl (C=O) groups excluding carboxylic acids is 1. The van der Waals surface area contributed by atoms with Crippen LogP contribution in [0.1, 0.15) is 13.3 Å². The SMILES string of the molecule is C=CCOc1cccc(NC(=O)[C@H](CC)Oc2cccc(OC)c2)c1. The molecule has 2 aromatic rings. The highest BCUT2D eigenvalue weighted by molar-refractivity contribution is 5.94. The van der Waals surface area contributed by atoms with Gasteiger partial charge >= 0.3 is 0 Å². The van der Waals surface area contributed by atoms with E-state index in [-0.39, 0.29) is 5.91 Å².